The van der Waals surface area contributed by atoms with Crippen LogP contribution >= 0.6 is 0 Å². The molecule has 1 atom stereocenters. The molecule has 0 bridgehead atoms. The van der Waals surface area contributed by atoms with Gasteiger partial charge in [-0.15, -0.1) is 0 Å². The van der Waals surface area contributed by atoms with Crippen molar-refractivity contribution in [3.8, 4) is 17.2 Å². The molecule has 0 heterocycles. The number of sulfonamides is 1. The third kappa shape index (κ3) is 7.21. The zero-order valence-corrected chi connectivity index (χ0v) is 20.8. The number of methoxy groups -OCH3 is 2. The summed E-state index contributed by atoms with van der Waals surface area (Å²) in [5.41, 5.74) is 1.61. The maximum Gasteiger partial charge on any atom is 0.241 e. The van der Waals surface area contributed by atoms with Crippen LogP contribution in [0, 0.1) is 0 Å². The summed E-state index contributed by atoms with van der Waals surface area (Å²) in [4.78, 5) is 13.2. The molecule has 0 saturated heterocycles. The van der Waals surface area contributed by atoms with Crippen molar-refractivity contribution in [2.45, 2.75) is 30.8 Å². The molecule has 0 saturated carbocycles. The molecule has 0 aliphatic carbocycles. The third-order valence-corrected chi connectivity index (χ3v) is 6.74. The number of benzene rings is 3. The number of hydrogen-bond donors (Lipinski definition) is 2. The van der Waals surface area contributed by atoms with Crippen LogP contribution in [0.1, 0.15) is 18.1 Å². The quantitative estimate of drug-likeness (QED) is 0.397. The summed E-state index contributed by atoms with van der Waals surface area (Å²) >= 11 is 0. The van der Waals surface area contributed by atoms with Crippen molar-refractivity contribution >= 4 is 15.9 Å². The van der Waals surface area contributed by atoms with Gasteiger partial charge in [-0.3, -0.25) is 4.79 Å². The van der Waals surface area contributed by atoms with Gasteiger partial charge in [0.05, 0.1) is 25.7 Å². The molecule has 3 aromatic rings. The number of amides is 1. The fourth-order valence-corrected chi connectivity index (χ4v) is 4.67. The van der Waals surface area contributed by atoms with Gasteiger partial charge in [0.25, 0.3) is 0 Å². The molecule has 3 aromatic carbocycles. The van der Waals surface area contributed by atoms with Crippen molar-refractivity contribution in [3.63, 3.8) is 0 Å². The average molecular weight is 499 g/mol. The molecule has 2 N–H and O–H groups in total. The highest BCUT2D eigenvalue weighted by atomic mass is 32.2. The molecule has 0 spiro atoms. The molecule has 0 aliphatic heterocycles. The highest BCUT2D eigenvalue weighted by Gasteiger charge is 2.26. The molecule has 0 unspecified atom stereocenters. The van der Waals surface area contributed by atoms with Gasteiger partial charge in [0, 0.05) is 6.54 Å². The first-order chi connectivity index (χ1) is 16.9. The lowest BCUT2D eigenvalue weighted by atomic mass is 10.1. The maximum absolute atomic E-state index is 13.1. The van der Waals surface area contributed by atoms with Gasteiger partial charge in [0.1, 0.15) is 11.8 Å². The van der Waals surface area contributed by atoms with Crippen LogP contribution in [-0.4, -0.2) is 41.2 Å². The predicted molar refractivity (Wildman–Crippen MR) is 133 cm³/mol. The molecular weight excluding hydrogens is 468 g/mol. The summed E-state index contributed by atoms with van der Waals surface area (Å²) in [5.74, 6) is 1.24. The number of carbonyl (C=O) groups excluding carboxylic acids is 1. The number of hydrogen-bond acceptors (Lipinski definition) is 6. The average Bonchev–Trinajstić information content (AvgIpc) is 2.87. The first-order valence-electron chi connectivity index (χ1n) is 11.1. The molecule has 0 fully saturated rings. The van der Waals surface area contributed by atoms with Gasteiger partial charge < -0.3 is 19.5 Å². The van der Waals surface area contributed by atoms with Crippen LogP contribution in [0.15, 0.2) is 77.7 Å². The highest BCUT2D eigenvalue weighted by molar-refractivity contribution is 7.89. The Hall–Kier alpha value is -3.56. The van der Waals surface area contributed by atoms with Crippen LogP contribution in [0.3, 0.4) is 0 Å². The monoisotopic (exact) mass is 498 g/mol. The lowest BCUT2D eigenvalue weighted by molar-refractivity contribution is -0.122. The Labute approximate surface area is 206 Å². The summed E-state index contributed by atoms with van der Waals surface area (Å²) in [6.45, 7) is 2.51. The molecule has 0 aromatic heterocycles. The van der Waals surface area contributed by atoms with Crippen molar-refractivity contribution in [2.24, 2.45) is 0 Å². The molecule has 186 valence electrons. The molecule has 8 nitrogen and oxygen atoms in total. The van der Waals surface area contributed by atoms with E-state index in [-0.39, 0.29) is 17.9 Å². The second-order valence-corrected chi connectivity index (χ2v) is 9.39. The number of nitrogens with one attached hydrogen (secondary N) is 2. The van der Waals surface area contributed by atoms with Crippen LogP contribution in [-0.2, 0) is 27.8 Å². The van der Waals surface area contributed by atoms with Gasteiger partial charge >= 0.3 is 0 Å². The van der Waals surface area contributed by atoms with E-state index in [1.165, 1.54) is 19.2 Å². The number of ether oxygens (including phenoxy) is 3. The van der Waals surface area contributed by atoms with Gasteiger partial charge in [-0.05, 0) is 60.9 Å². The van der Waals surface area contributed by atoms with Crippen LogP contribution in [0.25, 0.3) is 0 Å². The van der Waals surface area contributed by atoms with E-state index >= 15 is 0 Å². The maximum atomic E-state index is 13.1. The Bertz CT molecular complexity index is 1210. The Balaban J connectivity index is 1.77. The normalized spacial score (nSPS) is 12.0. The highest BCUT2D eigenvalue weighted by Crippen LogP contribution is 2.27. The molecule has 0 aliphatic rings. The first kappa shape index (κ1) is 26.1. The van der Waals surface area contributed by atoms with Gasteiger partial charge in [-0.1, -0.05) is 36.4 Å². The molecule has 0 radical (unpaired) electrons. The van der Waals surface area contributed by atoms with E-state index in [0.29, 0.717) is 23.9 Å². The predicted octanol–water partition coefficient (Wildman–Crippen LogP) is 3.31. The molecular formula is C26H30N2O6S. The van der Waals surface area contributed by atoms with Gasteiger partial charge in [0.2, 0.25) is 15.9 Å². The smallest absolute Gasteiger partial charge is 0.241 e. The van der Waals surface area contributed by atoms with E-state index in [0.717, 1.165) is 11.1 Å². The fourth-order valence-electron chi connectivity index (χ4n) is 3.48. The number of carbonyl (C=O) groups is 1. The third-order valence-electron chi connectivity index (χ3n) is 5.26. The van der Waals surface area contributed by atoms with E-state index in [4.69, 9.17) is 14.2 Å². The van der Waals surface area contributed by atoms with Gasteiger partial charge in [0.15, 0.2) is 11.5 Å². The number of rotatable bonds is 12. The van der Waals surface area contributed by atoms with Crippen LogP contribution in [0.5, 0.6) is 17.2 Å². The minimum atomic E-state index is -3.96. The second-order valence-electron chi connectivity index (χ2n) is 7.68. The van der Waals surface area contributed by atoms with E-state index in [1.807, 2.05) is 37.3 Å². The molecule has 9 heteroatoms. The summed E-state index contributed by atoms with van der Waals surface area (Å²) < 4.78 is 44.6. The fraction of sp³-hybridized carbons (Fsp3) is 0.269. The van der Waals surface area contributed by atoms with E-state index in [1.54, 1.807) is 37.4 Å². The summed E-state index contributed by atoms with van der Waals surface area (Å²) in [6.07, 6.45) is 0.189. The zero-order valence-electron chi connectivity index (χ0n) is 20.0. The van der Waals surface area contributed by atoms with Crippen molar-refractivity contribution in [2.75, 3.05) is 20.8 Å². The summed E-state index contributed by atoms with van der Waals surface area (Å²) in [6, 6.07) is 19.6. The summed E-state index contributed by atoms with van der Waals surface area (Å²) in [5, 5.41) is 2.83. The Kier molecular flexibility index (Phi) is 9.11. The minimum absolute atomic E-state index is 0.0479. The molecule has 35 heavy (non-hydrogen) atoms. The zero-order chi connectivity index (χ0) is 25.3. The van der Waals surface area contributed by atoms with E-state index in [9.17, 15) is 13.2 Å². The Morgan fingerprint density at radius 2 is 1.57 bits per heavy atom. The summed E-state index contributed by atoms with van der Waals surface area (Å²) in [7, 11) is -0.883. The van der Waals surface area contributed by atoms with Crippen molar-refractivity contribution < 1.29 is 27.4 Å². The van der Waals surface area contributed by atoms with Crippen molar-refractivity contribution in [1.29, 1.82) is 0 Å². The van der Waals surface area contributed by atoms with Crippen LogP contribution in [0.2, 0.25) is 0 Å². The van der Waals surface area contributed by atoms with Crippen LogP contribution < -0.4 is 24.2 Å². The van der Waals surface area contributed by atoms with E-state index < -0.39 is 22.0 Å². The molecule has 3 rings (SSSR count). The minimum Gasteiger partial charge on any atom is -0.494 e. The lowest BCUT2D eigenvalue weighted by Crippen LogP contribution is -2.47. The topological polar surface area (TPSA) is 103 Å². The Morgan fingerprint density at radius 1 is 0.886 bits per heavy atom. The van der Waals surface area contributed by atoms with Gasteiger partial charge in [-0.25, -0.2) is 8.42 Å². The van der Waals surface area contributed by atoms with E-state index in [2.05, 4.69) is 10.0 Å². The molecule has 1 amide bonds. The SMILES string of the molecule is CCOc1ccc(S(=O)(=O)N[C@H](Cc2ccccc2)C(=O)NCc2ccc(OC)c(OC)c2)cc1. The van der Waals surface area contributed by atoms with Gasteiger partial charge in [-0.2, -0.15) is 4.72 Å². The van der Waals surface area contributed by atoms with Crippen molar-refractivity contribution in [3.05, 3.63) is 83.9 Å². The largest absolute Gasteiger partial charge is 0.494 e. The Morgan fingerprint density at radius 3 is 2.20 bits per heavy atom. The first-order valence-corrected chi connectivity index (χ1v) is 12.6. The van der Waals surface area contributed by atoms with Crippen molar-refractivity contribution in [1.82, 2.24) is 10.0 Å². The standard InChI is InChI=1S/C26H30N2O6S/c1-4-34-21-11-13-22(14-12-21)35(30,31)28-23(16-19-8-6-5-7-9-19)26(29)27-18-20-10-15-24(32-2)25(17-20)33-3/h5-15,17,23,28H,4,16,18H2,1-3H3,(H,27,29)/t23-/m1/s1. The van der Waals surface area contributed by atoms with Crippen LogP contribution in [0.4, 0.5) is 0 Å². The second kappa shape index (κ2) is 12.2. The lowest BCUT2D eigenvalue weighted by Gasteiger charge is -2.19.